The first kappa shape index (κ1) is 21.3. The van der Waals surface area contributed by atoms with Crippen LogP contribution in [0.5, 0.6) is 0 Å². The second-order valence-corrected chi connectivity index (χ2v) is 8.67. The molecule has 0 aliphatic heterocycles. The van der Waals surface area contributed by atoms with Crippen molar-refractivity contribution in [2.24, 2.45) is 5.14 Å². The molecule has 0 radical (unpaired) electrons. The van der Waals surface area contributed by atoms with E-state index < -0.39 is 15.9 Å². The Labute approximate surface area is 183 Å². The third-order valence-corrected chi connectivity index (χ3v) is 5.73. The molecule has 4 rings (SSSR count). The molecule has 10 heteroatoms. The molecule has 2 heterocycles. The zero-order chi connectivity index (χ0) is 22.7. The summed E-state index contributed by atoms with van der Waals surface area (Å²) in [6.07, 6.45) is 3.85. The molecule has 0 aliphatic rings. The number of anilines is 1. The number of nitrogens with two attached hydrogens (primary N) is 1. The van der Waals surface area contributed by atoms with Crippen LogP contribution in [0.15, 0.2) is 82.7 Å². The van der Waals surface area contributed by atoms with Crippen LogP contribution in [-0.4, -0.2) is 29.1 Å². The van der Waals surface area contributed by atoms with E-state index in [1.165, 1.54) is 24.3 Å². The standard InChI is InChI=1S/C22H19N5O4S/c23-32(30,31)17-9-7-16(8-10-17)25-21(28)14-27-22(29)19-6-2-1-5-18(19)20(26-27)12-15-4-3-11-24-13-15/h1-11,13H,12,14H2,(H,25,28)(H2,23,30,31). The summed E-state index contributed by atoms with van der Waals surface area (Å²) in [4.78, 5) is 29.5. The van der Waals surface area contributed by atoms with Gasteiger partial charge in [-0.05, 0) is 42.0 Å². The second kappa shape index (κ2) is 8.69. The third-order valence-electron chi connectivity index (χ3n) is 4.80. The van der Waals surface area contributed by atoms with Gasteiger partial charge in [-0.3, -0.25) is 14.6 Å². The van der Waals surface area contributed by atoms with Crippen LogP contribution in [0.1, 0.15) is 11.3 Å². The fraction of sp³-hybridized carbons (Fsp3) is 0.0909. The highest BCUT2D eigenvalue weighted by molar-refractivity contribution is 7.89. The first-order valence-electron chi connectivity index (χ1n) is 9.61. The van der Waals surface area contributed by atoms with Gasteiger partial charge in [-0.2, -0.15) is 5.10 Å². The molecule has 3 N–H and O–H groups in total. The van der Waals surface area contributed by atoms with Crippen molar-refractivity contribution in [2.75, 3.05) is 5.32 Å². The predicted octanol–water partition coefficient (Wildman–Crippen LogP) is 1.67. The van der Waals surface area contributed by atoms with E-state index in [-0.39, 0.29) is 17.0 Å². The molecule has 9 nitrogen and oxygen atoms in total. The Morgan fingerprint density at radius 1 is 1.00 bits per heavy atom. The number of hydrogen-bond donors (Lipinski definition) is 2. The van der Waals surface area contributed by atoms with Gasteiger partial charge >= 0.3 is 0 Å². The summed E-state index contributed by atoms with van der Waals surface area (Å²) in [6, 6.07) is 16.3. The summed E-state index contributed by atoms with van der Waals surface area (Å²) in [7, 11) is -3.83. The number of primary sulfonamides is 1. The topological polar surface area (TPSA) is 137 Å². The molecule has 0 atom stereocenters. The Kier molecular flexibility index (Phi) is 5.80. The molecule has 4 aromatic rings. The predicted molar refractivity (Wildman–Crippen MR) is 119 cm³/mol. The Bertz CT molecular complexity index is 1450. The largest absolute Gasteiger partial charge is 0.324 e. The highest BCUT2D eigenvalue weighted by atomic mass is 32.2. The van der Waals surface area contributed by atoms with E-state index in [4.69, 9.17) is 5.14 Å². The fourth-order valence-corrected chi connectivity index (χ4v) is 3.82. The number of rotatable bonds is 6. The van der Waals surface area contributed by atoms with Gasteiger partial charge in [-0.15, -0.1) is 0 Å². The van der Waals surface area contributed by atoms with E-state index in [9.17, 15) is 18.0 Å². The lowest BCUT2D eigenvalue weighted by Gasteiger charge is -2.11. The van der Waals surface area contributed by atoms with Gasteiger partial charge in [0.2, 0.25) is 15.9 Å². The van der Waals surface area contributed by atoms with Crippen LogP contribution in [0.4, 0.5) is 5.69 Å². The number of aromatic nitrogens is 3. The van der Waals surface area contributed by atoms with Gasteiger partial charge in [0.25, 0.3) is 5.56 Å². The van der Waals surface area contributed by atoms with Crippen LogP contribution in [0.2, 0.25) is 0 Å². The monoisotopic (exact) mass is 449 g/mol. The van der Waals surface area contributed by atoms with Crippen LogP contribution in [0, 0.1) is 0 Å². The van der Waals surface area contributed by atoms with Gasteiger partial charge in [-0.25, -0.2) is 18.2 Å². The molecule has 0 fully saturated rings. The minimum Gasteiger partial charge on any atom is -0.324 e. The Hall–Kier alpha value is -3.89. The van der Waals surface area contributed by atoms with Crippen LogP contribution < -0.4 is 16.0 Å². The van der Waals surface area contributed by atoms with Crippen molar-refractivity contribution in [3.63, 3.8) is 0 Å². The number of hydrogen-bond acceptors (Lipinski definition) is 6. The van der Waals surface area contributed by atoms with E-state index >= 15 is 0 Å². The summed E-state index contributed by atoms with van der Waals surface area (Å²) in [5.41, 5.74) is 1.57. The van der Waals surface area contributed by atoms with Gasteiger partial charge in [-0.1, -0.05) is 24.3 Å². The minimum atomic E-state index is -3.83. The molecule has 0 saturated carbocycles. The van der Waals surface area contributed by atoms with Crippen molar-refractivity contribution in [2.45, 2.75) is 17.9 Å². The van der Waals surface area contributed by atoms with E-state index in [1.807, 2.05) is 24.3 Å². The lowest BCUT2D eigenvalue weighted by Crippen LogP contribution is -2.30. The summed E-state index contributed by atoms with van der Waals surface area (Å²) in [6.45, 7) is -0.305. The molecular formula is C22H19N5O4S. The smallest absolute Gasteiger partial charge is 0.275 e. The van der Waals surface area contributed by atoms with Gasteiger partial charge in [0.1, 0.15) is 6.54 Å². The summed E-state index contributed by atoms with van der Waals surface area (Å²) in [5, 5.41) is 13.3. The highest BCUT2D eigenvalue weighted by Crippen LogP contribution is 2.17. The molecule has 0 spiro atoms. The number of benzene rings is 2. The van der Waals surface area contributed by atoms with Crippen molar-refractivity contribution in [3.05, 3.63) is 94.7 Å². The van der Waals surface area contributed by atoms with Gasteiger partial charge in [0.15, 0.2) is 0 Å². The van der Waals surface area contributed by atoms with Crippen molar-refractivity contribution in [3.8, 4) is 0 Å². The van der Waals surface area contributed by atoms with Crippen molar-refractivity contribution < 1.29 is 13.2 Å². The van der Waals surface area contributed by atoms with Crippen LogP contribution >= 0.6 is 0 Å². The van der Waals surface area contributed by atoms with Crippen LogP contribution in [0.25, 0.3) is 10.8 Å². The Morgan fingerprint density at radius 2 is 1.72 bits per heavy atom. The van der Waals surface area contributed by atoms with Crippen LogP contribution in [0.3, 0.4) is 0 Å². The first-order valence-corrected chi connectivity index (χ1v) is 11.2. The third kappa shape index (κ3) is 4.71. The molecule has 2 aromatic carbocycles. The maximum absolute atomic E-state index is 12.9. The van der Waals surface area contributed by atoms with Crippen molar-refractivity contribution in [1.82, 2.24) is 14.8 Å². The number of amides is 1. The number of nitrogens with zero attached hydrogens (tertiary/aromatic N) is 3. The normalized spacial score (nSPS) is 11.4. The minimum absolute atomic E-state index is 0.0667. The van der Waals surface area contributed by atoms with Crippen molar-refractivity contribution >= 4 is 32.4 Å². The van der Waals surface area contributed by atoms with E-state index in [2.05, 4.69) is 15.4 Å². The molecule has 1 amide bonds. The number of pyridine rings is 1. The Balaban J connectivity index is 1.61. The zero-order valence-electron chi connectivity index (χ0n) is 16.8. The number of carbonyl (C=O) groups excluding carboxylic acids is 1. The number of carbonyl (C=O) groups is 1. The molecule has 0 aliphatic carbocycles. The quantitative estimate of drug-likeness (QED) is 0.459. The van der Waals surface area contributed by atoms with Crippen LogP contribution in [-0.2, 0) is 27.8 Å². The average Bonchev–Trinajstić information content (AvgIpc) is 2.77. The number of sulfonamides is 1. The summed E-state index contributed by atoms with van der Waals surface area (Å²) in [5.74, 6) is -0.481. The Morgan fingerprint density at radius 3 is 2.38 bits per heavy atom. The maximum atomic E-state index is 12.9. The average molecular weight is 449 g/mol. The summed E-state index contributed by atoms with van der Waals surface area (Å²) < 4.78 is 23.8. The van der Waals surface area contributed by atoms with Gasteiger partial charge in [0, 0.05) is 29.9 Å². The molecule has 2 aromatic heterocycles. The van der Waals surface area contributed by atoms with E-state index in [1.54, 1.807) is 24.5 Å². The zero-order valence-corrected chi connectivity index (χ0v) is 17.6. The highest BCUT2D eigenvalue weighted by Gasteiger charge is 2.14. The maximum Gasteiger partial charge on any atom is 0.275 e. The first-order chi connectivity index (χ1) is 15.3. The van der Waals surface area contributed by atoms with E-state index in [0.717, 1.165) is 15.6 Å². The van der Waals surface area contributed by atoms with Gasteiger partial charge < -0.3 is 5.32 Å². The summed E-state index contributed by atoms with van der Waals surface area (Å²) >= 11 is 0. The number of fused-ring (bicyclic) bond motifs is 1. The molecular weight excluding hydrogens is 430 g/mol. The van der Waals surface area contributed by atoms with E-state index in [0.29, 0.717) is 23.2 Å². The lowest BCUT2D eigenvalue weighted by molar-refractivity contribution is -0.117. The lowest BCUT2D eigenvalue weighted by atomic mass is 10.1. The molecule has 0 bridgehead atoms. The molecule has 0 unspecified atom stereocenters. The van der Waals surface area contributed by atoms with Gasteiger partial charge in [0.05, 0.1) is 16.0 Å². The molecule has 162 valence electrons. The second-order valence-electron chi connectivity index (χ2n) is 7.11. The number of nitrogens with one attached hydrogen (secondary N) is 1. The SMILES string of the molecule is NS(=O)(=O)c1ccc(NC(=O)Cn2nc(Cc3cccnc3)c3ccccc3c2=O)cc1. The molecule has 0 saturated heterocycles. The van der Waals surface area contributed by atoms with Crippen molar-refractivity contribution in [1.29, 1.82) is 0 Å². The molecule has 32 heavy (non-hydrogen) atoms. The fourth-order valence-electron chi connectivity index (χ4n) is 3.30.